The molecule has 0 spiro atoms. The van der Waals surface area contributed by atoms with Crippen molar-refractivity contribution in [3.63, 3.8) is 0 Å². The van der Waals surface area contributed by atoms with Crippen LogP contribution in [0.1, 0.15) is 6.92 Å². The number of aliphatic carboxylic acids is 1. The molecule has 2 N–H and O–H groups in total. The Morgan fingerprint density at radius 1 is 1.59 bits per heavy atom. The SMILES string of the molecule is CC(=O)OC1(O)C=C([N+](=O)[O-])C=CC1C(=O)O. The monoisotopic (exact) mass is 243 g/mol. The zero-order valence-corrected chi connectivity index (χ0v) is 8.69. The van der Waals surface area contributed by atoms with Gasteiger partial charge in [-0.1, -0.05) is 6.08 Å². The summed E-state index contributed by atoms with van der Waals surface area (Å²) in [6.45, 7) is 0.953. The average Bonchev–Trinajstić information content (AvgIpc) is 2.14. The Hall–Kier alpha value is -2.22. The smallest absolute Gasteiger partial charge is 0.317 e. The summed E-state index contributed by atoms with van der Waals surface area (Å²) in [5, 5.41) is 29.1. The summed E-state index contributed by atoms with van der Waals surface area (Å²) in [6, 6.07) is 0. The van der Waals surface area contributed by atoms with Gasteiger partial charge in [0.1, 0.15) is 5.92 Å². The number of esters is 1. The Morgan fingerprint density at radius 3 is 2.59 bits per heavy atom. The zero-order chi connectivity index (χ0) is 13.2. The van der Waals surface area contributed by atoms with Gasteiger partial charge in [0.25, 0.3) is 11.5 Å². The Balaban J connectivity index is 3.16. The van der Waals surface area contributed by atoms with Gasteiger partial charge in [0.15, 0.2) is 0 Å². The molecule has 0 aromatic heterocycles. The normalized spacial score (nSPS) is 27.2. The molecule has 0 heterocycles. The van der Waals surface area contributed by atoms with E-state index < -0.39 is 34.3 Å². The van der Waals surface area contributed by atoms with Crippen LogP contribution in [0.25, 0.3) is 0 Å². The van der Waals surface area contributed by atoms with Gasteiger partial charge in [-0.15, -0.1) is 0 Å². The Labute approximate surface area is 95.0 Å². The minimum atomic E-state index is -2.55. The third-order valence-electron chi connectivity index (χ3n) is 2.04. The second-order valence-corrected chi connectivity index (χ2v) is 3.35. The van der Waals surface area contributed by atoms with Gasteiger partial charge in [0, 0.05) is 13.0 Å². The fraction of sp³-hybridized carbons (Fsp3) is 0.333. The molecule has 8 nitrogen and oxygen atoms in total. The molecular weight excluding hydrogens is 234 g/mol. The molecule has 0 aliphatic heterocycles. The van der Waals surface area contributed by atoms with E-state index in [1.165, 1.54) is 0 Å². The lowest BCUT2D eigenvalue weighted by Crippen LogP contribution is -2.45. The number of carboxylic acid groups (broad SMARTS) is 1. The molecule has 8 heteroatoms. The molecule has 0 aromatic rings. The van der Waals surface area contributed by atoms with Crippen LogP contribution >= 0.6 is 0 Å². The van der Waals surface area contributed by atoms with Crippen molar-refractivity contribution in [3.05, 3.63) is 34.0 Å². The number of hydrogen-bond donors (Lipinski definition) is 2. The molecule has 92 valence electrons. The number of carbonyl (C=O) groups excluding carboxylic acids is 1. The van der Waals surface area contributed by atoms with Gasteiger partial charge in [-0.05, 0) is 0 Å². The van der Waals surface area contributed by atoms with Crippen LogP contribution in [0.5, 0.6) is 0 Å². The molecule has 0 fully saturated rings. The van der Waals surface area contributed by atoms with Crippen molar-refractivity contribution in [2.45, 2.75) is 12.7 Å². The van der Waals surface area contributed by atoms with Crippen molar-refractivity contribution >= 4 is 11.9 Å². The van der Waals surface area contributed by atoms with Crippen molar-refractivity contribution < 1.29 is 29.5 Å². The molecule has 1 aliphatic rings. The van der Waals surface area contributed by atoms with Gasteiger partial charge in [-0.3, -0.25) is 19.7 Å². The van der Waals surface area contributed by atoms with Crippen LogP contribution in [-0.2, 0) is 14.3 Å². The summed E-state index contributed by atoms with van der Waals surface area (Å²) in [5.41, 5.74) is -0.550. The van der Waals surface area contributed by atoms with Crippen LogP contribution in [0.3, 0.4) is 0 Å². The molecule has 0 saturated heterocycles. The van der Waals surface area contributed by atoms with Crippen LogP contribution in [0, 0.1) is 16.0 Å². The van der Waals surface area contributed by atoms with Crippen LogP contribution in [0.4, 0.5) is 0 Å². The highest BCUT2D eigenvalue weighted by Crippen LogP contribution is 2.29. The van der Waals surface area contributed by atoms with Crippen LogP contribution in [0.15, 0.2) is 23.9 Å². The first-order valence-electron chi connectivity index (χ1n) is 4.46. The number of allylic oxidation sites excluding steroid dienone is 1. The second-order valence-electron chi connectivity index (χ2n) is 3.35. The summed E-state index contributed by atoms with van der Waals surface area (Å²) in [7, 11) is 0. The highest BCUT2D eigenvalue weighted by atomic mass is 16.7. The number of rotatable bonds is 3. The maximum Gasteiger partial charge on any atom is 0.317 e. The van der Waals surface area contributed by atoms with Crippen molar-refractivity contribution in [3.8, 4) is 0 Å². The summed E-state index contributed by atoms with van der Waals surface area (Å²) in [5.74, 6) is -6.55. The molecular formula is C9H9NO7. The summed E-state index contributed by atoms with van der Waals surface area (Å²) in [4.78, 5) is 31.3. The lowest BCUT2D eigenvalue weighted by molar-refractivity contribution is -0.421. The standard InChI is InChI=1S/C9H9NO7/c1-5(11)17-9(14)4-6(10(15)16)2-3-7(9)8(12)13/h2-4,7,14H,1H3,(H,12,13). The molecule has 0 radical (unpaired) electrons. The average molecular weight is 243 g/mol. The van der Waals surface area contributed by atoms with Crippen molar-refractivity contribution in [2.24, 2.45) is 5.92 Å². The van der Waals surface area contributed by atoms with Crippen LogP contribution < -0.4 is 0 Å². The maximum absolute atomic E-state index is 10.8. The van der Waals surface area contributed by atoms with Gasteiger partial charge in [-0.2, -0.15) is 0 Å². The van der Waals surface area contributed by atoms with E-state index in [2.05, 4.69) is 4.74 Å². The quantitative estimate of drug-likeness (QED) is 0.300. The number of nitrogens with zero attached hydrogens (tertiary/aromatic N) is 1. The van der Waals surface area contributed by atoms with E-state index in [1.54, 1.807) is 0 Å². The first-order chi connectivity index (χ1) is 7.76. The minimum Gasteiger partial charge on any atom is -0.481 e. The first kappa shape index (κ1) is 12.8. The van der Waals surface area contributed by atoms with E-state index in [9.17, 15) is 24.8 Å². The Kier molecular flexibility index (Phi) is 3.28. The molecule has 17 heavy (non-hydrogen) atoms. The maximum atomic E-state index is 10.8. The highest BCUT2D eigenvalue weighted by Gasteiger charge is 2.46. The fourth-order valence-electron chi connectivity index (χ4n) is 1.38. The largest absolute Gasteiger partial charge is 0.481 e. The first-order valence-corrected chi connectivity index (χ1v) is 4.46. The highest BCUT2D eigenvalue weighted by molar-refractivity contribution is 5.76. The molecule has 0 bridgehead atoms. The predicted octanol–water partition coefficient (Wildman–Crippen LogP) is -0.331. The van der Waals surface area contributed by atoms with E-state index in [4.69, 9.17) is 5.11 Å². The van der Waals surface area contributed by atoms with Crippen molar-refractivity contribution in [1.29, 1.82) is 0 Å². The van der Waals surface area contributed by atoms with Gasteiger partial charge in [0.2, 0.25) is 0 Å². The number of hydrogen-bond acceptors (Lipinski definition) is 6. The number of ether oxygens (including phenoxy) is 1. The Bertz CT molecular complexity index is 439. The van der Waals surface area contributed by atoms with Crippen molar-refractivity contribution in [2.75, 3.05) is 0 Å². The van der Waals surface area contributed by atoms with E-state index >= 15 is 0 Å². The predicted molar refractivity (Wildman–Crippen MR) is 52.1 cm³/mol. The molecule has 2 unspecified atom stereocenters. The van der Waals surface area contributed by atoms with E-state index in [0.29, 0.717) is 6.08 Å². The number of aliphatic hydroxyl groups is 1. The van der Waals surface area contributed by atoms with Gasteiger partial charge >= 0.3 is 11.9 Å². The van der Waals surface area contributed by atoms with Crippen LogP contribution in [-0.4, -0.2) is 32.9 Å². The van der Waals surface area contributed by atoms with Crippen molar-refractivity contribution in [1.82, 2.24) is 0 Å². The molecule has 1 aliphatic carbocycles. The third kappa shape index (κ3) is 2.67. The zero-order valence-electron chi connectivity index (χ0n) is 8.69. The lowest BCUT2D eigenvalue weighted by atomic mass is 9.92. The Morgan fingerprint density at radius 2 is 2.18 bits per heavy atom. The number of nitro groups is 1. The molecule has 0 saturated carbocycles. The van der Waals surface area contributed by atoms with E-state index in [-0.39, 0.29) is 0 Å². The van der Waals surface area contributed by atoms with E-state index in [0.717, 1.165) is 19.1 Å². The lowest BCUT2D eigenvalue weighted by Gasteiger charge is -2.29. The fourth-order valence-corrected chi connectivity index (χ4v) is 1.38. The number of carbonyl (C=O) groups is 2. The second kappa shape index (κ2) is 4.34. The van der Waals surface area contributed by atoms with Gasteiger partial charge in [-0.25, -0.2) is 0 Å². The van der Waals surface area contributed by atoms with Crippen LogP contribution in [0.2, 0.25) is 0 Å². The topological polar surface area (TPSA) is 127 Å². The molecule has 0 aromatic carbocycles. The van der Waals surface area contributed by atoms with E-state index in [1.807, 2.05) is 0 Å². The molecule has 0 amide bonds. The van der Waals surface area contributed by atoms with Gasteiger partial charge < -0.3 is 14.9 Å². The summed E-state index contributed by atoms with van der Waals surface area (Å²) >= 11 is 0. The summed E-state index contributed by atoms with van der Waals surface area (Å²) in [6.07, 6.45) is 2.41. The van der Waals surface area contributed by atoms with Gasteiger partial charge in [0.05, 0.1) is 11.0 Å². The third-order valence-corrected chi connectivity index (χ3v) is 2.04. The summed E-state index contributed by atoms with van der Waals surface area (Å²) < 4.78 is 4.44. The minimum absolute atomic E-state index is 0.550. The molecule has 1 rings (SSSR count). The molecule has 2 atom stereocenters. The number of carboxylic acids is 1.